The van der Waals surface area contributed by atoms with Gasteiger partial charge < -0.3 is 10.6 Å². The summed E-state index contributed by atoms with van der Waals surface area (Å²) < 4.78 is 1.84. The van der Waals surface area contributed by atoms with Gasteiger partial charge in [0.05, 0.1) is 11.8 Å². The molecular formula is C16H21N5O2. The van der Waals surface area contributed by atoms with Crippen LogP contribution in [0, 0.1) is 5.92 Å². The first-order valence-corrected chi connectivity index (χ1v) is 7.89. The van der Waals surface area contributed by atoms with E-state index in [0.717, 1.165) is 11.0 Å². The Morgan fingerprint density at radius 2 is 1.96 bits per heavy atom. The zero-order chi connectivity index (χ0) is 16.6. The van der Waals surface area contributed by atoms with E-state index in [1.54, 1.807) is 17.3 Å². The summed E-state index contributed by atoms with van der Waals surface area (Å²) in [6.45, 7) is 5.18. The van der Waals surface area contributed by atoms with E-state index in [9.17, 15) is 9.59 Å². The van der Waals surface area contributed by atoms with Gasteiger partial charge in [-0.25, -0.2) is 9.67 Å². The van der Waals surface area contributed by atoms with Crippen LogP contribution in [0.25, 0.3) is 11.0 Å². The maximum Gasteiger partial charge on any atom is 0.255 e. The number of primary amides is 1. The molecule has 2 aromatic rings. The minimum Gasteiger partial charge on any atom is -0.369 e. The SMILES string of the molecule is CC(C)n1ncc2cc(C(=O)N3CCC(C(N)=O)CC3)cnc21. The minimum atomic E-state index is -0.277. The Balaban J connectivity index is 1.78. The number of likely N-dealkylation sites (tertiary alicyclic amines) is 1. The van der Waals surface area contributed by atoms with Crippen LogP contribution in [-0.2, 0) is 4.79 Å². The number of amides is 2. The molecule has 0 unspecified atom stereocenters. The molecule has 1 fully saturated rings. The largest absolute Gasteiger partial charge is 0.369 e. The first-order valence-electron chi connectivity index (χ1n) is 7.89. The molecule has 2 aromatic heterocycles. The smallest absolute Gasteiger partial charge is 0.255 e. The number of piperidine rings is 1. The number of aromatic nitrogens is 3. The van der Waals surface area contributed by atoms with Crippen molar-refractivity contribution in [3.8, 4) is 0 Å². The van der Waals surface area contributed by atoms with Crippen LogP contribution in [0.3, 0.4) is 0 Å². The van der Waals surface area contributed by atoms with E-state index in [1.807, 2.05) is 24.6 Å². The summed E-state index contributed by atoms with van der Waals surface area (Å²) in [5, 5.41) is 5.17. The Kier molecular flexibility index (Phi) is 4.02. The Hall–Kier alpha value is -2.44. The van der Waals surface area contributed by atoms with Crippen LogP contribution >= 0.6 is 0 Å². The molecule has 122 valence electrons. The average molecular weight is 315 g/mol. The summed E-state index contributed by atoms with van der Waals surface area (Å²) in [6, 6.07) is 2.05. The van der Waals surface area contributed by atoms with E-state index in [0.29, 0.717) is 31.5 Å². The summed E-state index contributed by atoms with van der Waals surface area (Å²) in [6.07, 6.45) is 4.59. The molecule has 7 nitrogen and oxygen atoms in total. The second kappa shape index (κ2) is 5.98. The van der Waals surface area contributed by atoms with Crippen molar-refractivity contribution in [1.29, 1.82) is 0 Å². The third-order valence-corrected chi connectivity index (χ3v) is 4.35. The van der Waals surface area contributed by atoms with Gasteiger partial charge in [0.15, 0.2) is 5.65 Å². The fourth-order valence-corrected chi connectivity index (χ4v) is 2.98. The second-order valence-corrected chi connectivity index (χ2v) is 6.29. The molecule has 0 radical (unpaired) electrons. The van der Waals surface area contributed by atoms with Crippen molar-refractivity contribution in [2.24, 2.45) is 11.7 Å². The number of pyridine rings is 1. The van der Waals surface area contributed by atoms with E-state index in [1.165, 1.54) is 0 Å². The van der Waals surface area contributed by atoms with Crippen molar-refractivity contribution in [3.63, 3.8) is 0 Å². The highest BCUT2D eigenvalue weighted by atomic mass is 16.2. The molecule has 1 aliphatic rings. The van der Waals surface area contributed by atoms with Gasteiger partial charge in [0.25, 0.3) is 5.91 Å². The van der Waals surface area contributed by atoms with Crippen LogP contribution in [0.4, 0.5) is 0 Å². The summed E-state index contributed by atoms with van der Waals surface area (Å²) in [7, 11) is 0. The molecule has 23 heavy (non-hydrogen) atoms. The van der Waals surface area contributed by atoms with Crippen molar-refractivity contribution < 1.29 is 9.59 Å². The van der Waals surface area contributed by atoms with E-state index >= 15 is 0 Å². The number of rotatable bonds is 3. The molecular weight excluding hydrogens is 294 g/mol. The van der Waals surface area contributed by atoms with Gasteiger partial charge in [0.2, 0.25) is 5.91 Å². The lowest BCUT2D eigenvalue weighted by molar-refractivity contribution is -0.123. The molecule has 1 aliphatic heterocycles. The van der Waals surface area contributed by atoms with Crippen molar-refractivity contribution in [2.45, 2.75) is 32.7 Å². The van der Waals surface area contributed by atoms with E-state index in [-0.39, 0.29) is 23.8 Å². The van der Waals surface area contributed by atoms with Crippen LogP contribution in [0.1, 0.15) is 43.1 Å². The minimum absolute atomic E-state index is 0.0559. The van der Waals surface area contributed by atoms with E-state index in [2.05, 4.69) is 10.1 Å². The zero-order valence-corrected chi connectivity index (χ0v) is 13.4. The number of nitrogens with two attached hydrogens (primary N) is 1. The molecule has 3 rings (SSSR count). The molecule has 0 aliphatic carbocycles. The molecule has 2 amide bonds. The number of fused-ring (bicyclic) bond motifs is 1. The van der Waals surface area contributed by atoms with Crippen LogP contribution in [0.2, 0.25) is 0 Å². The van der Waals surface area contributed by atoms with Crippen molar-refractivity contribution in [1.82, 2.24) is 19.7 Å². The van der Waals surface area contributed by atoms with Gasteiger partial charge in [0, 0.05) is 36.6 Å². The maximum absolute atomic E-state index is 12.6. The third-order valence-electron chi connectivity index (χ3n) is 4.35. The Morgan fingerprint density at radius 3 is 2.57 bits per heavy atom. The van der Waals surface area contributed by atoms with Crippen molar-refractivity contribution in [2.75, 3.05) is 13.1 Å². The topological polar surface area (TPSA) is 94.1 Å². The van der Waals surface area contributed by atoms with Crippen molar-refractivity contribution >= 4 is 22.8 Å². The molecule has 0 saturated carbocycles. The summed E-state index contributed by atoms with van der Waals surface area (Å²) in [4.78, 5) is 30.0. The van der Waals surface area contributed by atoms with Crippen molar-refractivity contribution in [3.05, 3.63) is 24.0 Å². The first kappa shape index (κ1) is 15.5. The van der Waals surface area contributed by atoms with Crippen LogP contribution in [-0.4, -0.2) is 44.6 Å². The lowest BCUT2D eigenvalue weighted by atomic mass is 9.96. The highest BCUT2D eigenvalue weighted by Gasteiger charge is 2.26. The second-order valence-electron chi connectivity index (χ2n) is 6.29. The van der Waals surface area contributed by atoms with Crippen LogP contribution < -0.4 is 5.73 Å². The van der Waals surface area contributed by atoms with Crippen LogP contribution in [0.15, 0.2) is 18.5 Å². The number of carbonyl (C=O) groups excluding carboxylic acids is 2. The third kappa shape index (κ3) is 2.91. The van der Waals surface area contributed by atoms with Gasteiger partial charge in [-0.05, 0) is 32.8 Å². The number of nitrogens with zero attached hydrogens (tertiary/aromatic N) is 4. The predicted molar refractivity (Wildman–Crippen MR) is 85.7 cm³/mol. The van der Waals surface area contributed by atoms with Gasteiger partial charge in [-0.1, -0.05) is 0 Å². The van der Waals surface area contributed by atoms with Crippen LogP contribution in [0.5, 0.6) is 0 Å². The molecule has 0 atom stereocenters. The normalized spacial score (nSPS) is 16.2. The molecule has 0 aromatic carbocycles. The van der Waals surface area contributed by atoms with Gasteiger partial charge in [0.1, 0.15) is 0 Å². The fraction of sp³-hybridized carbons (Fsp3) is 0.500. The molecule has 0 bridgehead atoms. The summed E-state index contributed by atoms with van der Waals surface area (Å²) in [5.74, 6) is -0.454. The average Bonchev–Trinajstić information content (AvgIpc) is 2.97. The molecule has 0 spiro atoms. The number of hydrogen-bond acceptors (Lipinski definition) is 4. The van der Waals surface area contributed by atoms with E-state index in [4.69, 9.17) is 5.73 Å². The lowest BCUT2D eigenvalue weighted by Gasteiger charge is -2.30. The highest BCUT2D eigenvalue weighted by Crippen LogP contribution is 2.21. The van der Waals surface area contributed by atoms with E-state index < -0.39 is 0 Å². The molecule has 2 N–H and O–H groups in total. The van der Waals surface area contributed by atoms with Gasteiger partial charge in [-0.3, -0.25) is 9.59 Å². The Labute approximate surface area is 134 Å². The highest BCUT2D eigenvalue weighted by molar-refractivity contribution is 5.97. The molecule has 3 heterocycles. The lowest BCUT2D eigenvalue weighted by Crippen LogP contribution is -2.41. The maximum atomic E-state index is 12.6. The predicted octanol–water partition coefficient (Wildman–Crippen LogP) is 1.35. The standard InChI is InChI=1S/C16H21N5O2/c1-10(2)21-15-12(9-19-21)7-13(8-18-15)16(23)20-5-3-11(4-6-20)14(17)22/h7-11H,3-6H2,1-2H3,(H2,17,22). The quantitative estimate of drug-likeness (QED) is 0.925. The Morgan fingerprint density at radius 1 is 1.26 bits per heavy atom. The zero-order valence-electron chi connectivity index (χ0n) is 13.4. The molecule has 1 saturated heterocycles. The summed E-state index contributed by atoms with van der Waals surface area (Å²) in [5.41, 5.74) is 6.66. The van der Waals surface area contributed by atoms with Gasteiger partial charge in [-0.2, -0.15) is 5.10 Å². The number of hydrogen-bond donors (Lipinski definition) is 1. The summed E-state index contributed by atoms with van der Waals surface area (Å²) >= 11 is 0. The van der Waals surface area contributed by atoms with Gasteiger partial charge in [-0.15, -0.1) is 0 Å². The first-order chi connectivity index (χ1) is 11.0. The number of carbonyl (C=O) groups is 2. The molecule has 7 heteroatoms. The Bertz CT molecular complexity index is 744. The monoisotopic (exact) mass is 315 g/mol. The fourth-order valence-electron chi connectivity index (χ4n) is 2.98. The van der Waals surface area contributed by atoms with Gasteiger partial charge >= 0.3 is 0 Å².